The van der Waals surface area contributed by atoms with Crippen LogP contribution in [0.25, 0.3) is 0 Å². The lowest BCUT2D eigenvalue weighted by Gasteiger charge is -2.26. The Labute approximate surface area is 113 Å². The van der Waals surface area contributed by atoms with Crippen LogP contribution in [0, 0.1) is 30.0 Å². The fourth-order valence-corrected chi connectivity index (χ4v) is 1.98. The summed E-state index contributed by atoms with van der Waals surface area (Å²) in [6, 6.07) is 5.14. The normalized spacial score (nSPS) is 11.8. The molecule has 4 heteroatoms. The van der Waals surface area contributed by atoms with Crippen LogP contribution in [0.2, 0.25) is 0 Å². The molecule has 0 heterocycles. The van der Waals surface area contributed by atoms with Gasteiger partial charge in [0.05, 0.1) is 12.0 Å². The van der Waals surface area contributed by atoms with Crippen molar-refractivity contribution in [2.45, 2.75) is 27.7 Å². The first-order chi connectivity index (χ1) is 8.90. The van der Waals surface area contributed by atoms with Crippen LogP contribution in [0.4, 0.5) is 10.1 Å². The Bertz CT molecular complexity index is 520. The minimum Gasteiger partial charge on any atom is -0.370 e. The molecule has 0 bridgehead atoms. The molecule has 0 aliphatic rings. The number of anilines is 1. The maximum atomic E-state index is 13.6. The van der Waals surface area contributed by atoms with Gasteiger partial charge in [0.2, 0.25) is 0 Å². The van der Waals surface area contributed by atoms with Crippen LogP contribution in [-0.2, 0) is 0 Å². The molecular formula is C15H19FN2O. The summed E-state index contributed by atoms with van der Waals surface area (Å²) in [5, 5.41) is 8.90. The molecule has 0 radical (unpaired) electrons. The van der Waals surface area contributed by atoms with E-state index in [0.717, 1.165) is 0 Å². The van der Waals surface area contributed by atoms with Gasteiger partial charge >= 0.3 is 0 Å². The molecule has 1 unspecified atom stereocenters. The highest BCUT2D eigenvalue weighted by Crippen LogP contribution is 2.25. The van der Waals surface area contributed by atoms with Gasteiger partial charge in [-0.1, -0.05) is 0 Å². The number of carbonyl (C=O) groups excluding carboxylic acids is 1. The standard InChI is InChI=1S/C15H19FN2O/c1-5-18(9-10(2)8-17)15-6-11(3)14(16)7-13(15)12(4)19/h6-7,10H,5,9H2,1-4H3. The van der Waals surface area contributed by atoms with Crippen LogP contribution in [0.15, 0.2) is 12.1 Å². The molecule has 0 fully saturated rings. The van der Waals surface area contributed by atoms with Crippen molar-refractivity contribution in [1.82, 2.24) is 0 Å². The van der Waals surface area contributed by atoms with E-state index in [9.17, 15) is 9.18 Å². The average molecular weight is 262 g/mol. The number of nitriles is 1. The molecule has 0 aliphatic heterocycles. The molecule has 19 heavy (non-hydrogen) atoms. The van der Waals surface area contributed by atoms with Crippen molar-refractivity contribution >= 4 is 11.5 Å². The van der Waals surface area contributed by atoms with Crippen LogP contribution in [0.1, 0.15) is 36.7 Å². The molecule has 1 rings (SSSR count). The average Bonchev–Trinajstić information content (AvgIpc) is 2.38. The van der Waals surface area contributed by atoms with Crippen molar-refractivity contribution in [1.29, 1.82) is 5.26 Å². The predicted octanol–water partition coefficient (Wildman–Crippen LogP) is 3.32. The highest BCUT2D eigenvalue weighted by atomic mass is 19.1. The first-order valence-electron chi connectivity index (χ1n) is 6.36. The van der Waals surface area contributed by atoms with Crippen molar-refractivity contribution in [3.63, 3.8) is 0 Å². The second-order valence-corrected chi connectivity index (χ2v) is 4.74. The SMILES string of the molecule is CCN(CC(C)C#N)c1cc(C)c(F)cc1C(C)=O. The van der Waals surface area contributed by atoms with Crippen molar-refractivity contribution in [2.75, 3.05) is 18.0 Å². The van der Waals surface area contributed by atoms with E-state index in [2.05, 4.69) is 6.07 Å². The Morgan fingerprint density at radius 1 is 1.53 bits per heavy atom. The number of ketones is 1. The zero-order valence-electron chi connectivity index (χ0n) is 11.8. The molecule has 0 saturated heterocycles. The molecule has 0 aromatic heterocycles. The van der Waals surface area contributed by atoms with Crippen LogP contribution in [0.3, 0.4) is 0 Å². The van der Waals surface area contributed by atoms with Gasteiger partial charge in [-0.05, 0) is 45.4 Å². The quantitative estimate of drug-likeness (QED) is 0.764. The fraction of sp³-hybridized carbons (Fsp3) is 0.467. The highest BCUT2D eigenvalue weighted by molar-refractivity contribution is 5.99. The Kier molecular flexibility index (Phi) is 5.05. The lowest BCUT2D eigenvalue weighted by molar-refractivity contribution is 0.101. The minimum absolute atomic E-state index is 0.148. The van der Waals surface area contributed by atoms with Crippen LogP contribution >= 0.6 is 0 Å². The van der Waals surface area contributed by atoms with E-state index in [-0.39, 0.29) is 17.5 Å². The molecule has 0 aliphatic carbocycles. The second-order valence-electron chi connectivity index (χ2n) is 4.74. The molecule has 102 valence electrons. The number of hydrogen-bond donors (Lipinski definition) is 0. The third-order valence-electron chi connectivity index (χ3n) is 3.09. The van der Waals surface area contributed by atoms with Crippen molar-refractivity contribution in [2.24, 2.45) is 5.92 Å². The lowest BCUT2D eigenvalue weighted by atomic mass is 10.0. The Hall–Kier alpha value is -1.89. The number of rotatable bonds is 5. The van der Waals surface area contributed by atoms with Gasteiger partial charge < -0.3 is 4.90 Å². The van der Waals surface area contributed by atoms with Gasteiger partial charge in [0.1, 0.15) is 5.82 Å². The van der Waals surface area contributed by atoms with Gasteiger partial charge in [0.25, 0.3) is 0 Å². The summed E-state index contributed by atoms with van der Waals surface area (Å²) in [5.41, 5.74) is 1.58. The van der Waals surface area contributed by atoms with Gasteiger partial charge in [0, 0.05) is 24.3 Å². The molecule has 3 nitrogen and oxygen atoms in total. The second kappa shape index (κ2) is 6.33. The van der Waals surface area contributed by atoms with Crippen LogP contribution in [0.5, 0.6) is 0 Å². The van der Waals surface area contributed by atoms with Gasteiger partial charge in [-0.25, -0.2) is 4.39 Å². The summed E-state index contributed by atoms with van der Waals surface area (Å²) in [6.45, 7) is 8.06. The summed E-state index contributed by atoms with van der Waals surface area (Å²) >= 11 is 0. The first-order valence-corrected chi connectivity index (χ1v) is 6.36. The zero-order chi connectivity index (χ0) is 14.6. The lowest BCUT2D eigenvalue weighted by Crippen LogP contribution is -2.29. The minimum atomic E-state index is -0.377. The van der Waals surface area contributed by atoms with Gasteiger partial charge in [0.15, 0.2) is 5.78 Å². The van der Waals surface area contributed by atoms with Crippen LogP contribution < -0.4 is 4.90 Å². The molecule has 1 aromatic rings. The largest absolute Gasteiger partial charge is 0.370 e. The summed E-state index contributed by atoms with van der Waals surface area (Å²) in [7, 11) is 0. The fourth-order valence-electron chi connectivity index (χ4n) is 1.98. The summed E-state index contributed by atoms with van der Waals surface area (Å²) < 4.78 is 13.6. The monoisotopic (exact) mass is 262 g/mol. The number of hydrogen-bond acceptors (Lipinski definition) is 3. The van der Waals surface area contributed by atoms with Crippen molar-refractivity contribution in [3.05, 3.63) is 29.1 Å². The van der Waals surface area contributed by atoms with Crippen molar-refractivity contribution < 1.29 is 9.18 Å². The molecule has 0 spiro atoms. The smallest absolute Gasteiger partial charge is 0.161 e. The molecule has 1 aromatic carbocycles. The Morgan fingerprint density at radius 2 is 2.16 bits per heavy atom. The summed E-state index contributed by atoms with van der Waals surface area (Å²) in [4.78, 5) is 13.6. The van der Waals surface area contributed by atoms with Crippen LogP contribution in [-0.4, -0.2) is 18.9 Å². The summed E-state index contributed by atoms with van der Waals surface area (Å²) in [5.74, 6) is -0.694. The van der Waals surface area contributed by atoms with E-state index in [1.165, 1.54) is 13.0 Å². The zero-order valence-corrected chi connectivity index (χ0v) is 11.8. The number of benzene rings is 1. The van der Waals surface area contributed by atoms with E-state index in [1.807, 2.05) is 18.7 Å². The number of Topliss-reactive ketones (excluding diaryl/α,β-unsaturated/α-hetero) is 1. The van der Waals surface area contributed by atoms with Gasteiger partial charge in [-0.3, -0.25) is 4.79 Å². The number of halogens is 1. The van der Waals surface area contributed by atoms with Gasteiger partial charge in [-0.15, -0.1) is 0 Å². The third kappa shape index (κ3) is 3.54. The van der Waals surface area contributed by atoms with Gasteiger partial charge in [-0.2, -0.15) is 5.26 Å². The van der Waals surface area contributed by atoms with E-state index in [4.69, 9.17) is 5.26 Å². The molecule has 0 saturated carbocycles. The number of carbonyl (C=O) groups is 1. The topological polar surface area (TPSA) is 44.1 Å². The van der Waals surface area contributed by atoms with E-state index >= 15 is 0 Å². The maximum absolute atomic E-state index is 13.6. The predicted molar refractivity (Wildman–Crippen MR) is 73.8 cm³/mol. The Morgan fingerprint density at radius 3 is 2.63 bits per heavy atom. The first kappa shape index (κ1) is 15.2. The van der Waals surface area contributed by atoms with E-state index in [0.29, 0.717) is 29.9 Å². The van der Waals surface area contributed by atoms with Crippen molar-refractivity contribution in [3.8, 4) is 6.07 Å². The van der Waals surface area contributed by atoms with E-state index in [1.54, 1.807) is 13.0 Å². The molecule has 0 amide bonds. The molecule has 1 atom stereocenters. The summed E-state index contributed by atoms with van der Waals surface area (Å²) in [6.07, 6.45) is 0. The Balaban J connectivity index is 3.26. The molecular weight excluding hydrogens is 243 g/mol. The van der Waals surface area contributed by atoms with E-state index < -0.39 is 0 Å². The maximum Gasteiger partial charge on any atom is 0.161 e. The third-order valence-corrected chi connectivity index (χ3v) is 3.09. The molecule has 0 N–H and O–H groups in total. The number of nitrogens with zero attached hydrogens (tertiary/aromatic N) is 2. The highest BCUT2D eigenvalue weighted by Gasteiger charge is 2.17. The number of aryl methyl sites for hydroxylation is 1.